The summed E-state index contributed by atoms with van der Waals surface area (Å²) in [6.07, 6.45) is 0.464. The van der Waals surface area contributed by atoms with Gasteiger partial charge in [0.1, 0.15) is 5.82 Å². The first kappa shape index (κ1) is 14.7. The Hall–Kier alpha value is -1.67. The Morgan fingerprint density at radius 1 is 1.20 bits per heavy atom. The molecule has 0 fully saturated rings. The Labute approximate surface area is 121 Å². The zero-order valence-electron chi connectivity index (χ0n) is 10.9. The third-order valence-corrected chi connectivity index (χ3v) is 3.55. The van der Waals surface area contributed by atoms with E-state index in [0.29, 0.717) is 18.6 Å². The first-order chi connectivity index (χ1) is 9.81. The first-order valence-corrected chi connectivity index (χ1v) is 7.16. The van der Waals surface area contributed by atoms with E-state index >= 15 is 0 Å². The zero-order valence-corrected chi connectivity index (χ0v) is 11.8. The molecule has 0 aliphatic heterocycles. The number of thiophene rings is 1. The number of aliphatic hydroxyl groups excluding tert-OH is 1. The van der Waals surface area contributed by atoms with Crippen LogP contribution in [0.4, 0.5) is 4.39 Å². The summed E-state index contributed by atoms with van der Waals surface area (Å²) < 4.78 is 19.0. The normalized spacial score (nSPS) is 10.1. The molecular weight excluding hydrogens is 275 g/mol. The molecule has 0 aliphatic carbocycles. The van der Waals surface area contributed by atoms with E-state index in [-0.39, 0.29) is 19.0 Å². The molecule has 0 bridgehead atoms. The average molecular weight is 290 g/mol. The largest absolute Gasteiger partial charge is 0.395 e. The highest BCUT2D eigenvalue weighted by atomic mass is 32.1. The van der Waals surface area contributed by atoms with E-state index in [9.17, 15) is 4.39 Å². The summed E-state index contributed by atoms with van der Waals surface area (Å²) in [4.78, 5) is 1.02. The van der Waals surface area contributed by atoms with Crippen molar-refractivity contribution in [3.63, 3.8) is 0 Å². The van der Waals surface area contributed by atoms with Gasteiger partial charge < -0.3 is 9.84 Å². The van der Waals surface area contributed by atoms with Crippen LogP contribution in [0.15, 0.2) is 35.7 Å². The molecule has 1 heterocycles. The maximum absolute atomic E-state index is 13.4. The van der Waals surface area contributed by atoms with Crippen LogP contribution >= 0.6 is 11.3 Å². The quantitative estimate of drug-likeness (QED) is 0.856. The monoisotopic (exact) mass is 290 g/mol. The van der Waals surface area contributed by atoms with Gasteiger partial charge in [0.15, 0.2) is 0 Å². The Balaban J connectivity index is 1.91. The van der Waals surface area contributed by atoms with Crippen molar-refractivity contribution in [1.82, 2.24) is 0 Å². The van der Waals surface area contributed by atoms with Crippen LogP contribution in [0.1, 0.15) is 22.4 Å². The molecule has 0 amide bonds. The highest BCUT2D eigenvalue weighted by Gasteiger charge is 2.04. The molecule has 0 spiro atoms. The summed E-state index contributed by atoms with van der Waals surface area (Å²) in [6.45, 7) is 0.722. The number of hydrogen-bond donors (Lipinski definition) is 1. The molecule has 0 unspecified atom stereocenters. The van der Waals surface area contributed by atoms with Crippen LogP contribution in [-0.2, 0) is 18.0 Å². The SMILES string of the molecule is OCCC#Cc1ccsc1COCc1ccccc1F. The predicted octanol–water partition coefficient (Wildman–Crippen LogP) is 3.34. The van der Waals surface area contributed by atoms with Gasteiger partial charge in [0.25, 0.3) is 0 Å². The van der Waals surface area contributed by atoms with Gasteiger partial charge in [-0.2, -0.15) is 0 Å². The summed E-state index contributed by atoms with van der Waals surface area (Å²) >= 11 is 1.56. The molecule has 0 atom stereocenters. The zero-order chi connectivity index (χ0) is 14.2. The van der Waals surface area contributed by atoms with Gasteiger partial charge in [-0.05, 0) is 17.5 Å². The van der Waals surface area contributed by atoms with Crippen LogP contribution in [-0.4, -0.2) is 11.7 Å². The van der Waals surface area contributed by atoms with Crippen LogP contribution in [0.25, 0.3) is 0 Å². The molecule has 0 aliphatic rings. The van der Waals surface area contributed by atoms with E-state index in [1.807, 2.05) is 11.4 Å². The van der Waals surface area contributed by atoms with Crippen molar-refractivity contribution < 1.29 is 14.2 Å². The molecule has 1 aromatic carbocycles. The molecule has 1 N–H and O–H groups in total. The summed E-state index contributed by atoms with van der Waals surface area (Å²) in [5.74, 6) is 5.64. The third-order valence-electron chi connectivity index (χ3n) is 2.65. The third kappa shape index (κ3) is 4.17. The predicted molar refractivity (Wildman–Crippen MR) is 77.8 cm³/mol. The summed E-state index contributed by atoms with van der Waals surface area (Å²) in [5.41, 5.74) is 1.47. The Morgan fingerprint density at radius 2 is 2.05 bits per heavy atom. The standard InChI is InChI=1S/C16H15FO2S/c17-15-7-2-1-6-14(15)11-19-12-16-13(8-10-20-16)5-3-4-9-18/h1-2,6-8,10,18H,4,9,11-12H2. The summed E-state index contributed by atoms with van der Waals surface area (Å²) in [5, 5.41) is 10.6. The van der Waals surface area contributed by atoms with Crippen LogP contribution in [0.2, 0.25) is 0 Å². The lowest BCUT2D eigenvalue weighted by Gasteiger charge is -2.04. The van der Waals surface area contributed by atoms with Crippen molar-refractivity contribution >= 4 is 11.3 Å². The fourth-order valence-electron chi connectivity index (χ4n) is 1.65. The molecular formula is C16H15FO2S. The lowest BCUT2D eigenvalue weighted by Crippen LogP contribution is -1.96. The van der Waals surface area contributed by atoms with Gasteiger partial charge >= 0.3 is 0 Å². The minimum absolute atomic E-state index is 0.0657. The van der Waals surface area contributed by atoms with Crippen LogP contribution < -0.4 is 0 Å². The summed E-state index contributed by atoms with van der Waals surface area (Å²) in [6, 6.07) is 8.52. The second-order valence-electron chi connectivity index (χ2n) is 4.12. The molecule has 0 saturated carbocycles. The molecule has 2 aromatic rings. The van der Waals surface area contributed by atoms with Crippen molar-refractivity contribution in [2.75, 3.05) is 6.61 Å². The van der Waals surface area contributed by atoms with E-state index in [0.717, 1.165) is 10.4 Å². The fraction of sp³-hybridized carbons (Fsp3) is 0.250. The van der Waals surface area contributed by atoms with Gasteiger partial charge in [-0.25, -0.2) is 4.39 Å². The molecule has 2 rings (SSSR count). The molecule has 0 radical (unpaired) electrons. The van der Waals surface area contributed by atoms with E-state index in [2.05, 4.69) is 11.8 Å². The average Bonchev–Trinajstić information content (AvgIpc) is 2.89. The number of aliphatic hydroxyl groups is 1. The molecule has 0 saturated heterocycles. The topological polar surface area (TPSA) is 29.5 Å². The van der Waals surface area contributed by atoms with Gasteiger partial charge in [0, 0.05) is 22.4 Å². The lowest BCUT2D eigenvalue weighted by atomic mass is 10.2. The smallest absolute Gasteiger partial charge is 0.128 e. The number of halogens is 1. The van der Waals surface area contributed by atoms with E-state index in [4.69, 9.17) is 9.84 Å². The fourth-order valence-corrected chi connectivity index (χ4v) is 2.41. The van der Waals surface area contributed by atoms with Crippen LogP contribution in [0, 0.1) is 17.7 Å². The minimum atomic E-state index is -0.248. The molecule has 4 heteroatoms. The molecule has 2 nitrogen and oxygen atoms in total. The van der Waals surface area contributed by atoms with Crippen LogP contribution in [0.3, 0.4) is 0 Å². The van der Waals surface area contributed by atoms with Gasteiger partial charge in [-0.3, -0.25) is 0 Å². The van der Waals surface area contributed by atoms with Gasteiger partial charge in [-0.15, -0.1) is 11.3 Å². The Morgan fingerprint density at radius 3 is 2.85 bits per heavy atom. The van der Waals surface area contributed by atoms with Gasteiger partial charge in [-0.1, -0.05) is 30.0 Å². The van der Waals surface area contributed by atoms with Crippen LogP contribution in [0.5, 0.6) is 0 Å². The number of ether oxygens (including phenoxy) is 1. The second kappa shape index (κ2) is 7.81. The van der Waals surface area contributed by atoms with Crippen molar-refractivity contribution in [3.05, 3.63) is 57.5 Å². The Bertz CT molecular complexity index is 610. The number of benzene rings is 1. The van der Waals surface area contributed by atoms with Gasteiger partial charge in [0.05, 0.1) is 19.8 Å². The van der Waals surface area contributed by atoms with Gasteiger partial charge in [0.2, 0.25) is 0 Å². The molecule has 20 heavy (non-hydrogen) atoms. The maximum Gasteiger partial charge on any atom is 0.128 e. The molecule has 104 valence electrons. The van der Waals surface area contributed by atoms with E-state index in [1.165, 1.54) is 6.07 Å². The van der Waals surface area contributed by atoms with Crippen molar-refractivity contribution in [3.8, 4) is 11.8 Å². The minimum Gasteiger partial charge on any atom is -0.395 e. The van der Waals surface area contributed by atoms with E-state index < -0.39 is 0 Å². The highest BCUT2D eigenvalue weighted by Crippen LogP contribution is 2.18. The second-order valence-corrected chi connectivity index (χ2v) is 5.12. The van der Waals surface area contributed by atoms with Crippen molar-refractivity contribution in [1.29, 1.82) is 0 Å². The van der Waals surface area contributed by atoms with E-state index in [1.54, 1.807) is 29.5 Å². The first-order valence-electron chi connectivity index (χ1n) is 6.28. The summed E-state index contributed by atoms with van der Waals surface area (Å²) in [7, 11) is 0. The number of hydrogen-bond acceptors (Lipinski definition) is 3. The Kier molecular flexibility index (Phi) is 5.75. The number of rotatable bonds is 5. The van der Waals surface area contributed by atoms with Crippen molar-refractivity contribution in [2.45, 2.75) is 19.6 Å². The van der Waals surface area contributed by atoms with Crippen molar-refractivity contribution in [2.24, 2.45) is 0 Å². The highest BCUT2D eigenvalue weighted by molar-refractivity contribution is 7.10. The maximum atomic E-state index is 13.4. The lowest BCUT2D eigenvalue weighted by molar-refractivity contribution is 0.107. The molecule has 1 aromatic heterocycles.